The minimum absolute atomic E-state index is 0.664. The molecular weight excluding hydrogens is 230 g/mol. The zero-order valence-electron chi connectivity index (χ0n) is 6.92. The zero-order valence-corrected chi connectivity index (χ0v) is 8.50. The first-order valence-corrected chi connectivity index (χ1v) is 5.13. The normalized spacial score (nSPS) is 16.7. The predicted molar refractivity (Wildman–Crippen MR) is 53.6 cm³/mol. The van der Waals surface area contributed by atoms with Crippen LogP contribution in [0.4, 0.5) is 0 Å². The van der Waals surface area contributed by atoms with Crippen LogP contribution in [0.3, 0.4) is 0 Å². The Bertz CT molecular complexity index is 459. The molecular formula is C9H8BrN3. The van der Waals surface area contributed by atoms with Crippen molar-refractivity contribution in [3.63, 3.8) is 0 Å². The second-order valence-electron chi connectivity index (χ2n) is 3.39. The number of aromatic nitrogens is 3. The fourth-order valence-corrected chi connectivity index (χ4v) is 2.12. The topological polar surface area (TPSA) is 41.6 Å². The van der Waals surface area contributed by atoms with Crippen LogP contribution in [-0.2, 0) is 0 Å². The van der Waals surface area contributed by atoms with Gasteiger partial charge in [0.15, 0.2) is 0 Å². The summed E-state index contributed by atoms with van der Waals surface area (Å²) < 4.78 is 1.07. The molecule has 0 bridgehead atoms. The summed E-state index contributed by atoms with van der Waals surface area (Å²) in [6, 6.07) is 0. The van der Waals surface area contributed by atoms with Crippen molar-refractivity contribution in [1.82, 2.24) is 15.0 Å². The lowest BCUT2D eigenvalue weighted by molar-refractivity contribution is 1.02. The van der Waals surface area contributed by atoms with Gasteiger partial charge in [0, 0.05) is 16.6 Å². The summed E-state index contributed by atoms with van der Waals surface area (Å²) in [5.41, 5.74) is 2.13. The van der Waals surface area contributed by atoms with Crippen LogP contribution >= 0.6 is 15.9 Å². The van der Waals surface area contributed by atoms with E-state index >= 15 is 0 Å². The molecule has 13 heavy (non-hydrogen) atoms. The number of nitrogens with zero attached hydrogens (tertiary/aromatic N) is 2. The second-order valence-corrected chi connectivity index (χ2v) is 4.25. The Balaban J connectivity index is 2.36. The van der Waals surface area contributed by atoms with Crippen LogP contribution in [0.25, 0.3) is 11.0 Å². The van der Waals surface area contributed by atoms with E-state index in [-0.39, 0.29) is 0 Å². The Hall–Kier alpha value is -0.900. The lowest BCUT2D eigenvalue weighted by atomic mass is 10.2. The lowest BCUT2D eigenvalue weighted by Crippen LogP contribution is -1.89. The minimum Gasteiger partial charge on any atom is -0.345 e. The summed E-state index contributed by atoms with van der Waals surface area (Å²) in [4.78, 5) is 11.6. The highest BCUT2D eigenvalue weighted by Crippen LogP contribution is 2.42. The van der Waals surface area contributed by atoms with Gasteiger partial charge < -0.3 is 4.98 Å². The summed E-state index contributed by atoms with van der Waals surface area (Å²) >= 11 is 3.50. The Morgan fingerprint density at radius 2 is 2.23 bits per heavy atom. The quantitative estimate of drug-likeness (QED) is 0.829. The number of fused-ring (bicyclic) bond motifs is 1. The van der Waals surface area contributed by atoms with Crippen molar-refractivity contribution < 1.29 is 0 Å². The number of rotatable bonds is 1. The molecule has 1 fully saturated rings. The summed E-state index contributed by atoms with van der Waals surface area (Å²) in [6.45, 7) is 0. The summed E-state index contributed by atoms with van der Waals surface area (Å²) in [7, 11) is 0. The van der Waals surface area contributed by atoms with Gasteiger partial charge in [-0.2, -0.15) is 0 Å². The third-order valence-corrected chi connectivity index (χ3v) is 3.04. The molecule has 2 heterocycles. The largest absolute Gasteiger partial charge is 0.345 e. The molecule has 3 nitrogen and oxygen atoms in total. The van der Waals surface area contributed by atoms with Gasteiger partial charge in [0.05, 0.1) is 11.1 Å². The summed E-state index contributed by atoms with van der Waals surface area (Å²) in [5.74, 6) is 0.664. The van der Waals surface area contributed by atoms with E-state index in [1.165, 1.54) is 18.5 Å². The molecule has 1 aliphatic rings. The molecule has 0 saturated heterocycles. The van der Waals surface area contributed by atoms with Gasteiger partial charge in [0.2, 0.25) is 0 Å². The number of aromatic amines is 1. The molecule has 3 rings (SSSR count). The number of hydrogen-bond acceptors (Lipinski definition) is 2. The molecule has 0 unspecified atom stereocenters. The Morgan fingerprint density at radius 3 is 3.00 bits per heavy atom. The van der Waals surface area contributed by atoms with Crippen LogP contribution in [0.5, 0.6) is 0 Å². The van der Waals surface area contributed by atoms with Crippen molar-refractivity contribution >= 4 is 27.0 Å². The average molecular weight is 238 g/mol. The fourth-order valence-electron chi connectivity index (χ4n) is 1.61. The molecule has 0 radical (unpaired) electrons. The van der Waals surface area contributed by atoms with E-state index in [0.29, 0.717) is 5.92 Å². The lowest BCUT2D eigenvalue weighted by Gasteiger charge is -1.98. The van der Waals surface area contributed by atoms with Crippen molar-refractivity contribution in [2.24, 2.45) is 0 Å². The van der Waals surface area contributed by atoms with Gasteiger partial charge in [0.1, 0.15) is 12.0 Å². The first-order valence-electron chi connectivity index (χ1n) is 4.34. The van der Waals surface area contributed by atoms with Gasteiger partial charge in [-0.3, -0.25) is 0 Å². The first-order chi connectivity index (χ1) is 6.36. The van der Waals surface area contributed by atoms with Gasteiger partial charge in [-0.1, -0.05) is 0 Å². The smallest absolute Gasteiger partial charge is 0.142 e. The van der Waals surface area contributed by atoms with Crippen molar-refractivity contribution in [3.05, 3.63) is 22.7 Å². The van der Waals surface area contributed by atoms with E-state index in [4.69, 9.17) is 0 Å². The molecule has 0 atom stereocenters. The van der Waals surface area contributed by atoms with E-state index in [2.05, 4.69) is 30.9 Å². The maximum atomic E-state index is 4.34. The van der Waals surface area contributed by atoms with E-state index in [0.717, 1.165) is 15.5 Å². The SMILES string of the molecule is Brc1c[nH]c2ncnc(C3CC3)c12. The van der Waals surface area contributed by atoms with Crippen LogP contribution in [0.2, 0.25) is 0 Å². The Labute approximate surface area is 83.7 Å². The molecule has 4 heteroatoms. The third-order valence-electron chi connectivity index (χ3n) is 2.42. The molecule has 0 spiro atoms. The van der Waals surface area contributed by atoms with Crippen LogP contribution in [-0.4, -0.2) is 15.0 Å². The van der Waals surface area contributed by atoms with Gasteiger partial charge in [-0.25, -0.2) is 9.97 Å². The van der Waals surface area contributed by atoms with E-state index in [1.807, 2.05) is 6.20 Å². The molecule has 2 aromatic heterocycles. The first kappa shape index (κ1) is 7.50. The van der Waals surface area contributed by atoms with E-state index in [9.17, 15) is 0 Å². The number of hydrogen-bond donors (Lipinski definition) is 1. The molecule has 1 saturated carbocycles. The van der Waals surface area contributed by atoms with Crippen LogP contribution < -0.4 is 0 Å². The monoisotopic (exact) mass is 237 g/mol. The maximum Gasteiger partial charge on any atom is 0.142 e. The van der Waals surface area contributed by atoms with Gasteiger partial charge in [0.25, 0.3) is 0 Å². The number of nitrogens with one attached hydrogen (secondary N) is 1. The molecule has 66 valence electrons. The highest BCUT2D eigenvalue weighted by Gasteiger charge is 2.28. The molecule has 2 aromatic rings. The van der Waals surface area contributed by atoms with E-state index < -0.39 is 0 Å². The Morgan fingerprint density at radius 1 is 1.38 bits per heavy atom. The highest BCUT2D eigenvalue weighted by atomic mass is 79.9. The van der Waals surface area contributed by atoms with Gasteiger partial charge in [-0.05, 0) is 28.8 Å². The van der Waals surface area contributed by atoms with Crippen molar-refractivity contribution in [2.45, 2.75) is 18.8 Å². The van der Waals surface area contributed by atoms with Crippen LogP contribution in [0.1, 0.15) is 24.5 Å². The van der Waals surface area contributed by atoms with E-state index in [1.54, 1.807) is 6.33 Å². The summed E-state index contributed by atoms with van der Waals surface area (Å²) in [5, 5.41) is 1.16. The molecule has 0 amide bonds. The van der Waals surface area contributed by atoms with Crippen molar-refractivity contribution in [3.8, 4) is 0 Å². The molecule has 1 aliphatic carbocycles. The summed E-state index contributed by atoms with van der Waals surface area (Å²) in [6.07, 6.45) is 6.09. The van der Waals surface area contributed by atoms with Crippen LogP contribution in [0, 0.1) is 0 Å². The standard InChI is InChI=1S/C9H8BrN3/c10-6-3-11-9-7(6)8(5-1-2-5)12-4-13-9/h3-5H,1-2H2,(H,11,12,13). The molecule has 0 aliphatic heterocycles. The maximum absolute atomic E-state index is 4.34. The van der Waals surface area contributed by atoms with Gasteiger partial charge in [-0.15, -0.1) is 0 Å². The van der Waals surface area contributed by atoms with Crippen molar-refractivity contribution in [2.75, 3.05) is 0 Å². The molecule has 1 N–H and O–H groups in total. The Kier molecular flexibility index (Phi) is 1.47. The molecule has 0 aromatic carbocycles. The third kappa shape index (κ3) is 1.09. The van der Waals surface area contributed by atoms with Gasteiger partial charge >= 0.3 is 0 Å². The minimum atomic E-state index is 0.664. The number of H-pyrrole nitrogens is 1. The second kappa shape index (κ2) is 2.54. The average Bonchev–Trinajstić information content (AvgIpc) is 2.92. The predicted octanol–water partition coefficient (Wildman–Crippen LogP) is 2.60. The van der Waals surface area contributed by atoms with Crippen LogP contribution in [0.15, 0.2) is 17.0 Å². The zero-order chi connectivity index (χ0) is 8.84. The van der Waals surface area contributed by atoms with Crippen molar-refractivity contribution in [1.29, 1.82) is 0 Å². The highest BCUT2D eigenvalue weighted by molar-refractivity contribution is 9.10. The number of halogens is 1. The fraction of sp³-hybridized carbons (Fsp3) is 0.333.